The number of thioether (sulfide) groups is 1. The highest BCUT2D eigenvalue weighted by molar-refractivity contribution is 7.99. The van der Waals surface area contributed by atoms with Crippen LogP contribution in [0, 0.1) is 12.8 Å². The van der Waals surface area contributed by atoms with Gasteiger partial charge in [0.1, 0.15) is 5.82 Å². The molecule has 1 fully saturated rings. The molecule has 0 unspecified atom stereocenters. The number of nitrogens with one attached hydrogen (secondary N) is 2. The van der Waals surface area contributed by atoms with E-state index in [1.807, 2.05) is 6.92 Å². The molecule has 2 rings (SSSR count). The van der Waals surface area contributed by atoms with Crippen molar-refractivity contribution >= 4 is 17.7 Å². The van der Waals surface area contributed by atoms with Crippen molar-refractivity contribution in [2.75, 3.05) is 12.3 Å². The molecule has 2 N–H and O–H groups in total. The highest BCUT2D eigenvalue weighted by Crippen LogP contribution is 2.27. The van der Waals surface area contributed by atoms with Gasteiger partial charge in [-0.25, -0.2) is 4.98 Å². The van der Waals surface area contributed by atoms with Crippen molar-refractivity contribution in [2.24, 2.45) is 5.92 Å². The summed E-state index contributed by atoms with van der Waals surface area (Å²) in [6.07, 6.45) is 2.51. The first-order valence-corrected chi connectivity index (χ1v) is 6.01. The third-order valence-corrected chi connectivity index (χ3v) is 3.04. The van der Waals surface area contributed by atoms with E-state index in [-0.39, 0.29) is 5.91 Å². The third kappa shape index (κ3) is 3.54. The topological polar surface area (TPSA) is 70.7 Å². The SMILES string of the molecule is Cc1nc(SCC(=O)NCC2CC2)n[nH]1. The minimum Gasteiger partial charge on any atom is -0.355 e. The van der Waals surface area contributed by atoms with Crippen LogP contribution in [0.15, 0.2) is 5.16 Å². The number of aromatic nitrogens is 3. The molecule has 1 aromatic rings. The third-order valence-electron chi connectivity index (χ3n) is 2.19. The van der Waals surface area contributed by atoms with E-state index in [2.05, 4.69) is 20.5 Å². The fraction of sp³-hybridized carbons (Fsp3) is 0.667. The molecule has 0 aromatic carbocycles. The van der Waals surface area contributed by atoms with Gasteiger partial charge in [0.05, 0.1) is 5.75 Å². The largest absolute Gasteiger partial charge is 0.355 e. The number of carbonyl (C=O) groups is 1. The molecule has 1 aromatic heterocycles. The van der Waals surface area contributed by atoms with Gasteiger partial charge in [0.15, 0.2) is 0 Å². The number of aromatic amines is 1. The van der Waals surface area contributed by atoms with E-state index in [0.717, 1.165) is 18.3 Å². The van der Waals surface area contributed by atoms with Crippen molar-refractivity contribution in [2.45, 2.75) is 24.9 Å². The minimum absolute atomic E-state index is 0.0642. The molecule has 0 atom stereocenters. The summed E-state index contributed by atoms with van der Waals surface area (Å²) >= 11 is 1.36. The van der Waals surface area contributed by atoms with Crippen LogP contribution < -0.4 is 5.32 Å². The summed E-state index contributed by atoms with van der Waals surface area (Å²) in [5, 5.41) is 10.2. The van der Waals surface area contributed by atoms with Crippen LogP contribution in [0.4, 0.5) is 0 Å². The predicted molar refractivity (Wildman–Crippen MR) is 57.6 cm³/mol. The molecule has 1 aliphatic rings. The first-order valence-electron chi connectivity index (χ1n) is 5.02. The van der Waals surface area contributed by atoms with Crippen LogP contribution in [0.1, 0.15) is 18.7 Å². The van der Waals surface area contributed by atoms with Gasteiger partial charge in [0.25, 0.3) is 0 Å². The van der Waals surface area contributed by atoms with Crippen LogP contribution in [0.2, 0.25) is 0 Å². The van der Waals surface area contributed by atoms with Crippen LogP contribution in [0.25, 0.3) is 0 Å². The molecule has 0 aliphatic heterocycles. The molecular formula is C9H14N4OS. The smallest absolute Gasteiger partial charge is 0.230 e. The van der Waals surface area contributed by atoms with Gasteiger partial charge in [-0.2, -0.15) is 0 Å². The molecule has 15 heavy (non-hydrogen) atoms. The highest BCUT2D eigenvalue weighted by Gasteiger charge is 2.21. The van der Waals surface area contributed by atoms with Crippen molar-refractivity contribution in [3.05, 3.63) is 5.82 Å². The Morgan fingerprint density at radius 1 is 1.67 bits per heavy atom. The highest BCUT2D eigenvalue weighted by atomic mass is 32.2. The predicted octanol–water partition coefficient (Wildman–Crippen LogP) is 0.731. The molecule has 0 saturated heterocycles. The average Bonchev–Trinajstić information content (AvgIpc) is 2.95. The summed E-state index contributed by atoms with van der Waals surface area (Å²) in [6.45, 7) is 2.66. The Kier molecular flexibility index (Phi) is 3.25. The van der Waals surface area contributed by atoms with E-state index < -0.39 is 0 Å². The zero-order valence-electron chi connectivity index (χ0n) is 8.62. The Morgan fingerprint density at radius 3 is 3.07 bits per heavy atom. The van der Waals surface area contributed by atoms with Crippen LogP contribution in [-0.2, 0) is 4.79 Å². The summed E-state index contributed by atoms with van der Waals surface area (Å²) in [7, 11) is 0. The summed E-state index contributed by atoms with van der Waals surface area (Å²) in [5.41, 5.74) is 0. The molecule has 6 heteroatoms. The van der Waals surface area contributed by atoms with E-state index in [1.165, 1.54) is 24.6 Å². The quantitative estimate of drug-likeness (QED) is 0.726. The Balaban J connectivity index is 1.65. The fourth-order valence-electron chi connectivity index (χ4n) is 1.15. The lowest BCUT2D eigenvalue weighted by Gasteiger charge is -2.01. The van der Waals surface area contributed by atoms with Crippen molar-refractivity contribution in [3.8, 4) is 0 Å². The van der Waals surface area contributed by atoms with Gasteiger partial charge in [-0.15, -0.1) is 5.10 Å². The lowest BCUT2D eigenvalue weighted by Crippen LogP contribution is -2.27. The summed E-state index contributed by atoms with van der Waals surface area (Å²) < 4.78 is 0. The maximum Gasteiger partial charge on any atom is 0.230 e. The van der Waals surface area contributed by atoms with Gasteiger partial charge in [0, 0.05) is 6.54 Å². The molecule has 0 spiro atoms. The zero-order valence-corrected chi connectivity index (χ0v) is 9.43. The van der Waals surface area contributed by atoms with E-state index >= 15 is 0 Å². The molecule has 0 radical (unpaired) electrons. The number of amides is 1. The van der Waals surface area contributed by atoms with Gasteiger partial charge in [-0.3, -0.25) is 9.89 Å². The normalized spacial score (nSPS) is 15.3. The molecule has 1 amide bonds. The van der Waals surface area contributed by atoms with Crippen molar-refractivity contribution in [1.29, 1.82) is 0 Å². The van der Waals surface area contributed by atoms with E-state index in [0.29, 0.717) is 10.9 Å². The molecule has 0 bridgehead atoms. The van der Waals surface area contributed by atoms with Gasteiger partial charge < -0.3 is 5.32 Å². The lowest BCUT2D eigenvalue weighted by atomic mass is 10.4. The summed E-state index contributed by atoms with van der Waals surface area (Å²) in [6, 6.07) is 0. The maximum absolute atomic E-state index is 11.4. The number of carbonyl (C=O) groups excluding carboxylic acids is 1. The minimum atomic E-state index is 0.0642. The van der Waals surface area contributed by atoms with Crippen LogP contribution in [0.5, 0.6) is 0 Å². The second-order valence-corrected chi connectivity index (χ2v) is 4.68. The number of aryl methyl sites for hydroxylation is 1. The summed E-state index contributed by atoms with van der Waals surface area (Å²) in [4.78, 5) is 15.5. The number of hydrogen-bond acceptors (Lipinski definition) is 4. The van der Waals surface area contributed by atoms with E-state index in [4.69, 9.17) is 0 Å². The van der Waals surface area contributed by atoms with E-state index in [1.54, 1.807) is 0 Å². The Hall–Kier alpha value is -1.04. The molecule has 5 nitrogen and oxygen atoms in total. The van der Waals surface area contributed by atoms with Gasteiger partial charge in [0.2, 0.25) is 11.1 Å². The van der Waals surface area contributed by atoms with E-state index in [9.17, 15) is 4.79 Å². The second-order valence-electron chi connectivity index (χ2n) is 3.74. The van der Waals surface area contributed by atoms with Crippen molar-refractivity contribution in [3.63, 3.8) is 0 Å². The molecule has 82 valence electrons. The number of rotatable bonds is 5. The lowest BCUT2D eigenvalue weighted by molar-refractivity contribution is -0.118. The zero-order chi connectivity index (χ0) is 10.7. The first kappa shape index (κ1) is 10.5. The van der Waals surface area contributed by atoms with Gasteiger partial charge in [-0.05, 0) is 25.7 Å². The first-order chi connectivity index (χ1) is 7.24. The second kappa shape index (κ2) is 4.65. The monoisotopic (exact) mass is 226 g/mol. The molecule has 1 heterocycles. The van der Waals surface area contributed by atoms with Crippen molar-refractivity contribution < 1.29 is 4.79 Å². The summed E-state index contributed by atoms with van der Waals surface area (Å²) in [5.74, 6) is 1.96. The van der Waals surface area contributed by atoms with Gasteiger partial charge >= 0.3 is 0 Å². The van der Waals surface area contributed by atoms with Crippen molar-refractivity contribution in [1.82, 2.24) is 20.5 Å². The Morgan fingerprint density at radius 2 is 2.47 bits per heavy atom. The number of nitrogens with zero attached hydrogens (tertiary/aromatic N) is 2. The average molecular weight is 226 g/mol. The van der Waals surface area contributed by atoms with Crippen LogP contribution >= 0.6 is 11.8 Å². The molecule has 1 aliphatic carbocycles. The molecular weight excluding hydrogens is 212 g/mol. The van der Waals surface area contributed by atoms with Gasteiger partial charge in [-0.1, -0.05) is 11.8 Å². The Labute approximate surface area is 92.4 Å². The molecule has 1 saturated carbocycles. The fourth-order valence-corrected chi connectivity index (χ4v) is 1.82. The maximum atomic E-state index is 11.4. The standard InChI is InChI=1S/C9H14N4OS/c1-6-11-9(13-12-6)15-5-8(14)10-4-7-2-3-7/h7H,2-5H2,1H3,(H,10,14)(H,11,12,13). The number of H-pyrrole nitrogens is 1. The van der Waals surface area contributed by atoms with Crippen LogP contribution in [-0.4, -0.2) is 33.4 Å². The number of hydrogen-bond donors (Lipinski definition) is 2. The Bertz CT molecular complexity index is 348. The van der Waals surface area contributed by atoms with Crippen LogP contribution in [0.3, 0.4) is 0 Å².